The summed E-state index contributed by atoms with van der Waals surface area (Å²) in [6, 6.07) is 12.3. The minimum Gasteiger partial charge on any atom is -0.352 e. The lowest BCUT2D eigenvalue weighted by Crippen LogP contribution is -2.50. The first-order chi connectivity index (χ1) is 12.6. The summed E-state index contributed by atoms with van der Waals surface area (Å²) < 4.78 is 13.2. The molecule has 1 unspecified atom stereocenters. The van der Waals surface area contributed by atoms with Crippen molar-refractivity contribution in [3.63, 3.8) is 0 Å². The van der Waals surface area contributed by atoms with Gasteiger partial charge in [0.25, 0.3) is 5.91 Å². The van der Waals surface area contributed by atoms with Gasteiger partial charge in [-0.05, 0) is 18.6 Å². The van der Waals surface area contributed by atoms with E-state index < -0.39 is 12.1 Å². The Bertz CT molecular complexity index is 920. The van der Waals surface area contributed by atoms with E-state index in [1.165, 1.54) is 6.92 Å². The number of hydrogen-bond acceptors (Lipinski definition) is 5. The number of piperazine rings is 1. The highest BCUT2D eigenvalue weighted by Crippen LogP contribution is 2.36. The van der Waals surface area contributed by atoms with Gasteiger partial charge in [0.05, 0.1) is 5.39 Å². The topological polar surface area (TPSA) is 49.3 Å². The van der Waals surface area contributed by atoms with Crippen LogP contribution >= 0.6 is 11.3 Å². The molecule has 3 heterocycles. The van der Waals surface area contributed by atoms with Crippen molar-refractivity contribution in [3.8, 4) is 10.4 Å². The van der Waals surface area contributed by atoms with Gasteiger partial charge >= 0.3 is 0 Å². The molecule has 1 fully saturated rings. The number of amides is 1. The van der Waals surface area contributed by atoms with Gasteiger partial charge in [-0.3, -0.25) is 4.79 Å². The van der Waals surface area contributed by atoms with E-state index in [1.807, 2.05) is 18.2 Å². The maximum absolute atomic E-state index is 13.2. The van der Waals surface area contributed by atoms with Crippen LogP contribution in [0, 0.1) is 0 Å². The van der Waals surface area contributed by atoms with E-state index in [4.69, 9.17) is 0 Å². The molecule has 0 aliphatic carbocycles. The summed E-state index contributed by atoms with van der Waals surface area (Å²) in [7, 11) is 0. The Morgan fingerprint density at radius 3 is 2.58 bits per heavy atom. The van der Waals surface area contributed by atoms with Gasteiger partial charge < -0.3 is 9.80 Å². The van der Waals surface area contributed by atoms with Crippen LogP contribution in [-0.4, -0.2) is 53.1 Å². The number of carbonyl (C=O) groups is 1. The third-order valence-corrected chi connectivity index (χ3v) is 5.69. The highest BCUT2D eigenvalue weighted by molar-refractivity contribution is 7.21. The van der Waals surface area contributed by atoms with Gasteiger partial charge in [-0.2, -0.15) is 0 Å². The van der Waals surface area contributed by atoms with Gasteiger partial charge in [-0.1, -0.05) is 30.3 Å². The Morgan fingerprint density at radius 1 is 1.15 bits per heavy atom. The first kappa shape index (κ1) is 16.9. The second-order valence-electron chi connectivity index (χ2n) is 6.32. The highest BCUT2D eigenvalue weighted by atomic mass is 32.1. The van der Waals surface area contributed by atoms with E-state index in [0.29, 0.717) is 26.2 Å². The van der Waals surface area contributed by atoms with E-state index >= 15 is 0 Å². The summed E-state index contributed by atoms with van der Waals surface area (Å²) >= 11 is 1.65. The first-order valence-corrected chi connectivity index (χ1v) is 9.43. The highest BCUT2D eigenvalue weighted by Gasteiger charge is 2.26. The van der Waals surface area contributed by atoms with Gasteiger partial charge in [0.2, 0.25) is 0 Å². The number of hydrogen-bond donors (Lipinski definition) is 0. The monoisotopic (exact) mass is 370 g/mol. The van der Waals surface area contributed by atoms with Crippen LogP contribution in [0.4, 0.5) is 10.2 Å². The van der Waals surface area contributed by atoms with E-state index in [9.17, 15) is 9.18 Å². The summed E-state index contributed by atoms with van der Waals surface area (Å²) in [5.74, 6) is 0.452. The fraction of sp³-hybridized carbons (Fsp3) is 0.316. The van der Waals surface area contributed by atoms with Gasteiger partial charge in [-0.15, -0.1) is 11.3 Å². The number of aromatic nitrogens is 2. The maximum Gasteiger partial charge on any atom is 0.256 e. The zero-order valence-corrected chi connectivity index (χ0v) is 15.2. The minimum atomic E-state index is -1.45. The van der Waals surface area contributed by atoms with Gasteiger partial charge in [0.15, 0.2) is 6.17 Å². The van der Waals surface area contributed by atoms with Crippen LogP contribution in [0.2, 0.25) is 0 Å². The molecule has 1 aromatic carbocycles. The molecule has 4 rings (SSSR count). The molecule has 1 aliphatic rings. The molecule has 0 bridgehead atoms. The van der Waals surface area contributed by atoms with Crippen molar-refractivity contribution in [3.05, 3.63) is 42.7 Å². The molecule has 1 amide bonds. The minimum absolute atomic E-state index is 0.431. The number of benzene rings is 1. The molecule has 0 radical (unpaired) electrons. The molecule has 2 aromatic heterocycles. The molecule has 26 heavy (non-hydrogen) atoms. The molecule has 5 nitrogen and oxygen atoms in total. The van der Waals surface area contributed by atoms with Gasteiger partial charge in [0, 0.05) is 31.1 Å². The van der Waals surface area contributed by atoms with Crippen LogP contribution in [0.25, 0.3) is 20.7 Å². The average Bonchev–Trinajstić information content (AvgIpc) is 3.12. The SMILES string of the molecule is CC(F)C(=O)N1CCN(c2ncnc3sc(-c4ccccc4)cc23)CC1. The number of anilines is 1. The molecule has 3 aromatic rings. The summed E-state index contributed by atoms with van der Waals surface area (Å²) in [5.41, 5.74) is 1.16. The van der Waals surface area contributed by atoms with Crippen LogP contribution in [0.15, 0.2) is 42.7 Å². The van der Waals surface area contributed by atoms with Crippen LogP contribution in [-0.2, 0) is 4.79 Å². The second kappa shape index (κ2) is 6.99. The van der Waals surface area contributed by atoms with Crippen molar-refractivity contribution >= 4 is 33.3 Å². The molecular formula is C19H19FN4OS. The van der Waals surface area contributed by atoms with E-state index in [1.54, 1.807) is 22.6 Å². The molecule has 7 heteroatoms. The molecule has 134 valence electrons. The first-order valence-electron chi connectivity index (χ1n) is 8.61. The summed E-state index contributed by atoms with van der Waals surface area (Å²) in [5, 5.41) is 1.02. The van der Waals surface area contributed by atoms with Gasteiger partial charge in [0.1, 0.15) is 17.0 Å². The number of halogens is 1. The zero-order chi connectivity index (χ0) is 18.1. The van der Waals surface area contributed by atoms with E-state index in [0.717, 1.165) is 26.5 Å². The number of nitrogens with zero attached hydrogens (tertiary/aromatic N) is 4. The fourth-order valence-electron chi connectivity index (χ4n) is 3.23. The average molecular weight is 370 g/mol. The lowest BCUT2D eigenvalue weighted by atomic mass is 10.2. The maximum atomic E-state index is 13.2. The largest absolute Gasteiger partial charge is 0.352 e. The number of rotatable bonds is 3. The van der Waals surface area contributed by atoms with Crippen LogP contribution in [0.3, 0.4) is 0 Å². The molecule has 1 saturated heterocycles. The van der Waals surface area contributed by atoms with Crippen LogP contribution in [0.1, 0.15) is 6.92 Å². The molecule has 0 saturated carbocycles. The van der Waals surface area contributed by atoms with E-state index in [-0.39, 0.29) is 0 Å². The zero-order valence-electron chi connectivity index (χ0n) is 14.4. The Kier molecular flexibility index (Phi) is 4.55. The lowest BCUT2D eigenvalue weighted by molar-refractivity contribution is -0.136. The predicted molar refractivity (Wildman–Crippen MR) is 102 cm³/mol. The quantitative estimate of drug-likeness (QED) is 0.709. The predicted octanol–water partition coefficient (Wildman–Crippen LogP) is 3.36. The fourth-order valence-corrected chi connectivity index (χ4v) is 4.23. The molecule has 1 atom stereocenters. The lowest BCUT2D eigenvalue weighted by Gasteiger charge is -2.35. The number of fused-ring (bicyclic) bond motifs is 1. The normalized spacial score (nSPS) is 16.1. The number of thiophene rings is 1. The number of carbonyl (C=O) groups excluding carboxylic acids is 1. The molecular weight excluding hydrogens is 351 g/mol. The van der Waals surface area contributed by atoms with Crippen LogP contribution in [0.5, 0.6) is 0 Å². The molecule has 0 spiro atoms. The molecule has 0 N–H and O–H groups in total. The Morgan fingerprint density at radius 2 is 1.88 bits per heavy atom. The Hall–Kier alpha value is -2.54. The van der Waals surface area contributed by atoms with Crippen molar-refractivity contribution in [1.29, 1.82) is 0 Å². The Labute approximate surface area is 155 Å². The smallest absolute Gasteiger partial charge is 0.256 e. The van der Waals surface area contributed by atoms with Crippen LogP contribution < -0.4 is 4.90 Å². The standard InChI is InChI=1S/C19H19FN4OS/c1-13(20)19(25)24-9-7-23(8-10-24)17-15-11-16(14-5-3-2-4-6-14)26-18(15)22-12-21-17/h2-6,11-13H,7-10H2,1H3. The van der Waals surface area contributed by atoms with Crippen molar-refractivity contribution < 1.29 is 9.18 Å². The summed E-state index contributed by atoms with van der Waals surface area (Å²) in [4.78, 5) is 26.6. The van der Waals surface area contributed by atoms with E-state index in [2.05, 4.69) is 33.1 Å². The molecule has 1 aliphatic heterocycles. The van der Waals surface area contributed by atoms with Crippen molar-refractivity contribution in [2.24, 2.45) is 0 Å². The van der Waals surface area contributed by atoms with Crippen molar-refractivity contribution in [1.82, 2.24) is 14.9 Å². The van der Waals surface area contributed by atoms with Gasteiger partial charge in [-0.25, -0.2) is 14.4 Å². The third kappa shape index (κ3) is 3.14. The Balaban J connectivity index is 1.60. The summed E-state index contributed by atoms with van der Waals surface area (Å²) in [6.45, 7) is 3.59. The van der Waals surface area contributed by atoms with Crippen molar-refractivity contribution in [2.75, 3.05) is 31.1 Å². The number of alkyl halides is 1. The second-order valence-corrected chi connectivity index (χ2v) is 7.35. The summed E-state index contributed by atoms with van der Waals surface area (Å²) in [6.07, 6.45) is 0.141. The third-order valence-electron chi connectivity index (χ3n) is 4.60. The van der Waals surface area contributed by atoms with Crippen molar-refractivity contribution in [2.45, 2.75) is 13.1 Å².